The van der Waals surface area contributed by atoms with Gasteiger partial charge in [-0.25, -0.2) is 0 Å². The van der Waals surface area contributed by atoms with E-state index in [4.69, 9.17) is 23.2 Å². The van der Waals surface area contributed by atoms with Crippen LogP contribution in [0.3, 0.4) is 0 Å². The van der Waals surface area contributed by atoms with Gasteiger partial charge < -0.3 is 5.32 Å². The molecule has 0 bridgehead atoms. The van der Waals surface area contributed by atoms with E-state index < -0.39 is 0 Å². The van der Waals surface area contributed by atoms with E-state index in [0.29, 0.717) is 0 Å². The third kappa shape index (κ3) is 2.89. The largest absolute Gasteiger partial charge is 0.306 e. The minimum absolute atomic E-state index is 0.111. The Morgan fingerprint density at radius 1 is 1.33 bits per heavy atom. The first-order chi connectivity index (χ1) is 8.63. The average molecular weight is 300 g/mol. The first kappa shape index (κ1) is 13.9. The zero-order valence-corrected chi connectivity index (χ0v) is 12.7. The van der Waals surface area contributed by atoms with Crippen molar-refractivity contribution < 1.29 is 0 Å². The van der Waals surface area contributed by atoms with Crippen molar-refractivity contribution in [2.45, 2.75) is 19.9 Å². The van der Waals surface area contributed by atoms with E-state index in [0.717, 1.165) is 32.6 Å². The van der Waals surface area contributed by atoms with Gasteiger partial charge in [0.1, 0.15) is 0 Å². The second-order valence-electron chi connectivity index (χ2n) is 4.14. The molecule has 1 aromatic carbocycles. The summed E-state index contributed by atoms with van der Waals surface area (Å²) in [6.45, 7) is 5.00. The van der Waals surface area contributed by atoms with Gasteiger partial charge in [-0.05, 0) is 42.1 Å². The van der Waals surface area contributed by atoms with Crippen LogP contribution in [-0.2, 0) is 0 Å². The molecule has 1 aromatic heterocycles. The molecule has 0 saturated carbocycles. The molecule has 1 atom stereocenters. The van der Waals surface area contributed by atoms with E-state index in [1.165, 1.54) is 0 Å². The van der Waals surface area contributed by atoms with Gasteiger partial charge in [-0.15, -0.1) is 11.3 Å². The van der Waals surface area contributed by atoms with Crippen molar-refractivity contribution in [3.05, 3.63) is 55.7 Å². The summed E-state index contributed by atoms with van der Waals surface area (Å²) in [5.41, 5.74) is 2.27. The topological polar surface area (TPSA) is 12.0 Å². The quantitative estimate of drug-likeness (QED) is 0.832. The van der Waals surface area contributed by atoms with Crippen molar-refractivity contribution in [3.8, 4) is 0 Å². The zero-order chi connectivity index (χ0) is 13.1. The Balaban J connectivity index is 2.43. The molecule has 18 heavy (non-hydrogen) atoms. The fourth-order valence-corrected chi connectivity index (χ4v) is 3.50. The number of benzene rings is 1. The highest BCUT2D eigenvalue weighted by molar-refractivity contribution is 7.10. The van der Waals surface area contributed by atoms with Crippen LogP contribution in [0.25, 0.3) is 0 Å². The lowest BCUT2D eigenvalue weighted by molar-refractivity contribution is 0.639. The Morgan fingerprint density at radius 3 is 2.67 bits per heavy atom. The molecule has 0 saturated heterocycles. The number of hydrogen-bond acceptors (Lipinski definition) is 2. The molecule has 1 heterocycles. The second-order valence-corrected chi connectivity index (χ2v) is 5.87. The summed E-state index contributed by atoms with van der Waals surface area (Å²) in [5.74, 6) is 0. The van der Waals surface area contributed by atoms with Gasteiger partial charge in [0.15, 0.2) is 0 Å². The lowest BCUT2D eigenvalue weighted by atomic mass is 10.0. The Bertz CT molecular complexity index is 536. The van der Waals surface area contributed by atoms with Crippen molar-refractivity contribution in [2.24, 2.45) is 0 Å². The molecule has 0 amide bonds. The zero-order valence-electron chi connectivity index (χ0n) is 10.3. The maximum Gasteiger partial charge on any atom is 0.0686 e. The van der Waals surface area contributed by atoms with E-state index in [-0.39, 0.29) is 6.04 Å². The number of rotatable bonds is 4. The lowest BCUT2D eigenvalue weighted by Crippen LogP contribution is -2.21. The lowest BCUT2D eigenvalue weighted by Gasteiger charge is -2.18. The van der Waals surface area contributed by atoms with Crippen LogP contribution in [0.5, 0.6) is 0 Å². The van der Waals surface area contributed by atoms with Crippen LogP contribution in [0, 0.1) is 6.92 Å². The maximum atomic E-state index is 6.37. The summed E-state index contributed by atoms with van der Waals surface area (Å²) in [6, 6.07) is 8.02. The van der Waals surface area contributed by atoms with Crippen molar-refractivity contribution in [3.63, 3.8) is 0 Å². The van der Waals surface area contributed by atoms with Crippen molar-refractivity contribution in [1.82, 2.24) is 5.32 Å². The predicted molar refractivity (Wildman–Crippen MR) is 81.0 cm³/mol. The first-order valence-corrected chi connectivity index (χ1v) is 7.49. The molecule has 2 rings (SSSR count). The second kappa shape index (κ2) is 6.07. The minimum Gasteiger partial charge on any atom is -0.306 e. The molecule has 2 aromatic rings. The molecule has 0 spiro atoms. The monoisotopic (exact) mass is 299 g/mol. The molecular formula is C14H15Cl2NS. The van der Waals surface area contributed by atoms with Gasteiger partial charge in [0.2, 0.25) is 0 Å². The van der Waals surface area contributed by atoms with Crippen LogP contribution < -0.4 is 5.32 Å². The Morgan fingerprint density at radius 2 is 2.11 bits per heavy atom. The van der Waals surface area contributed by atoms with Crippen molar-refractivity contribution >= 4 is 34.5 Å². The highest BCUT2D eigenvalue weighted by Gasteiger charge is 2.19. The van der Waals surface area contributed by atoms with Gasteiger partial charge in [0, 0.05) is 9.90 Å². The van der Waals surface area contributed by atoms with E-state index in [1.807, 2.05) is 25.1 Å². The number of thiophene rings is 1. The number of aryl methyl sites for hydroxylation is 1. The molecular weight excluding hydrogens is 285 g/mol. The highest BCUT2D eigenvalue weighted by Crippen LogP contribution is 2.36. The summed E-state index contributed by atoms with van der Waals surface area (Å²) in [7, 11) is 0. The fraction of sp³-hybridized carbons (Fsp3) is 0.286. The smallest absolute Gasteiger partial charge is 0.0686 e. The number of halogens is 2. The van der Waals surface area contributed by atoms with Crippen LogP contribution >= 0.6 is 34.5 Å². The number of nitrogens with one attached hydrogen (secondary N) is 1. The van der Waals surface area contributed by atoms with Crippen LogP contribution in [-0.4, -0.2) is 6.54 Å². The van der Waals surface area contributed by atoms with E-state index in [2.05, 4.69) is 23.7 Å². The van der Waals surface area contributed by atoms with E-state index in [1.54, 1.807) is 11.3 Å². The van der Waals surface area contributed by atoms with Crippen molar-refractivity contribution in [1.29, 1.82) is 0 Å². The molecule has 96 valence electrons. The third-order valence-corrected chi connectivity index (χ3v) is 4.79. The van der Waals surface area contributed by atoms with Gasteiger partial charge in [-0.1, -0.05) is 42.3 Å². The molecule has 1 unspecified atom stereocenters. The fourth-order valence-electron chi connectivity index (χ4n) is 1.90. The molecule has 1 nitrogen and oxygen atoms in total. The Kier molecular flexibility index (Phi) is 4.68. The molecule has 1 N–H and O–H groups in total. The predicted octanol–water partition coefficient (Wildman–Crippen LogP) is 5.06. The van der Waals surface area contributed by atoms with Gasteiger partial charge >= 0.3 is 0 Å². The standard InChI is InChI=1S/C14H15Cl2NS/c1-3-17-13(10-5-4-6-11(15)7-10)14-12(16)9(2)8-18-14/h4-8,13,17H,3H2,1-2H3. The summed E-state index contributed by atoms with van der Waals surface area (Å²) in [5, 5.41) is 7.16. The van der Waals surface area contributed by atoms with Gasteiger partial charge in [0.25, 0.3) is 0 Å². The molecule has 4 heteroatoms. The van der Waals surface area contributed by atoms with Crippen LogP contribution in [0.2, 0.25) is 10.0 Å². The maximum absolute atomic E-state index is 6.37. The van der Waals surface area contributed by atoms with Gasteiger partial charge in [0.05, 0.1) is 11.1 Å². The first-order valence-electron chi connectivity index (χ1n) is 5.85. The van der Waals surface area contributed by atoms with E-state index in [9.17, 15) is 0 Å². The summed E-state index contributed by atoms with van der Waals surface area (Å²) < 4.78 is 0. The van der Waals surface area contributed by atoms with Crippen molar-refractivity contribution in [2.75, 3.05) is 6.54 Å². The molecule has 0 aliphatic carbocycles. The van der Waals surface area contributed by atoms with Crippen LogP contribution in [0.4, 0.5) is 0 Å². The summed E-state index contributed by atoms with van der Waals surface area (Å²) in [4.78, 5) is 1.15. The van der Waals surface area contributed by atoms with Gasteiger partial charge in [-0.2, -0.15) is 0 Å². The normalized spacial score (nSPS) is 12.7. The Hall–Kier alpha value is -0.540. The SMILES string of the molecule is CCNC(c1cccc(Cl)c1)c1scc(C)c1Cl. The average Bonchev–Trinajstić information content (AvgIpc) is 2.67. The van der Waals surface area contributed by atoms with Crippen LogP contribution in [0.15, 0.2) is 29.6 Å². The Labute approximate surface area is 122 Å². The highest BCUT2D eigenvalue weighted by atomic mass is 35.5. The third-order valence-electron chi connectivity index (χ3n) is 2.78. The summed E-state index contributed by atoms with van der Waals surface area (Å²) >= 11 is 14.1. The van der Waals surface area contributed by atoms with E-state index >= 15 is 0 Å². The van der Waals surface area contributed by atoms with Crippen LogP contribution in [0.1, 0.15) is 29.0 Å². The summed E-state index contributed by atoms with van der Waals surface area (Å²) in [6.07, 6.45) is 0. The molecule has 0 aliphatic rings. The minimum atomic E-state index is 0.111. The number of hydrogen-bond donors (Lipinski definition) is 1. The molecule has 0 aliphatic heterocycles. The molecule has 0 fully saturated rings. The van der Waals surface area contributed by atoms with Gasteiger partial charge in [-0.3, -0.25) is 0 Å². The molecule has 0 radical (unpaired) electrons.